The van der Waals surface area contributed by atoms with Crippen LogP contribution in [0.15, 0.2) is 59.5 Å². The van der Waals surface area contributed by atoms with Gasteiger partial charge in [-0.05, 0) is 41.7 Å². The average molecular weight is 313 g/mol. The molecule has 0 aliphatic rings. The molecule has 0 N–H and O–H groups in total. The molecule has 2 aromatic carbocycles. The molecule has 0 unspecified atom stereocenters. The third-order valence-corrected chi connectivity index (χ3v) is 3.85. The molecule has 0 saturated carbocycles. The van der Waals surface area contributed by atoms with E-state index in [0.717, 1.165) is 10.6 Å². The Morgan fingerprint density at radius 3 is 2.59 bits per heavy atom. The lowest BCUT2D eigenvalue weighted by Gasteiger charge is -2.00. The van der Waals surface area contributed by atoms with Crippen LogP contribution in [0.5, 0.6) is 0 Å². The number of nitrogens with zero attached hydrogens (tertiary/aromatic N) is 1. The summed E-state index contributed by atoms with van der Waals surface area (Å²) in [6.07, 6.45) is 3.02. The van der Waals surface area contributed by atoms with E-state index in [2.05, 4.69) is 6.92 Å². The van der Waals surface area contributed by atoms with Gasteiger partial charge in [-0.15, -0.1) is 11.8 Å². The fourth-order valence-electron chi connectivity index (χ4n) is 1.89. The van der Waals surface area contributed by atoms with Crippen LogP contribution < -0.4 is 0 Å². The highest BCUT2D eigenvalue weighted by Crippen LogP contribution is 2.18. The quantitative estimate of drug-likeness (QED) is 0.257. The van der Waals surface area contributed by atoms with E-state index in [0.29, 0.717) is 11.1 Å². The number of nitro benzene ring substituents is 1. The summed E-state index contributed by atoms with van der Waals surface area (Å²) in [6.45, 7) is 2.07. The van der Waals surface area contributed by atoms with Crippen LogP contribution in [0.25, 0.3) is 6.08 Å². The van der Waals surface area contributed by atoms with Crippen molar-refractivity contribution in [1.82, 2.24) is 0 Å². The summed E-state index contributed by atoms with van der Waals surface area (Å²) < 4.78 is 0. The molecule has 112 valence electrons. The lowest BCUT2D eigenvalue weighted by molar-refractivity contribution is -0.384. The van der Waals surface area contributed by atoms with E-state index < -0.39 is 4.92 Å². The predicted molar refractivity (Wildman–Crippen MR) is 89.3 cm³/mol. The van der Waals surface area contributed by atoms with Gasteiger partial charge in [0.1, 0.15) is 0 Å². The van der Waals surface area contributed by atoms with Gasteiger partial charge in [-0.3, -0.25) is 14.9 Å². The van der Waals surface area contributed by atoms with Crippen molar-refractivity contribution >= 4 is 29.3 Å². The number of nitro groups is 1. The van der Waals surface area contributed by atoms with Crippen molar-refractivity contribution in [3.05, 3.63) is 75.8 Å². The number of carbonyl (C=O) groups excluding carboxylic acids is 1. The van der Waals surface area contributed by atoms with E-state index in [1.165, 1.54) is 18.2 Å². The highest BCUT2D eigenvalue weighted by atomic mass is 32.2. The minimum absolute atomic E-state index is 0.00976. The van der Waals surface area contributed by atoms with Crippen molar-refractivity contribution in [2.75, 3.05) is 5.75 Å². The highest BCUT2D eigenvalue weighted by Gasteiger charge is 2.05. The highest BCUT2D eigenvalue weighted by molar-refractivity contribution is 7.99. The Balaban J connectivity index is 2.10. The van der Waals surface area contributed by atoms with E-state index in [4.69, 9.17) is 0 Å². The lowest BCUT2D eigenvalue weighted by Crippen LogP contribution is -1.93. The van der Waals surface area contributed by atoms with Crippen LogP contribution in [0.3, 0.4) is 0 Å². The van der Waals surface area contributed by atoms with Crippen molar-refractivity contribution in [2.24, 2.45) is 0 Å². The molecule has 0 atom stereocenters. The SMILES string of the molecule is CCSc1ccc(C(=O)/C=C/c2cccc([N+](=O)[O-])c2)cc1. The molecule has 0 aromatic heterocycles. The Morgan fingerprint density at radius 1 is 1.23 bits per heavy atom. The molecule has 0 heterocycles. The molecule has 0 aliphatic carbocycles. The van der Waals surface area contributed by atoms with Gasteiger partial charge in [-0.1, -0.05) is 25.1 Å². The molecule has 0 amide bonds. The molecule has 0 spiro atoms. The number of ketones is 1. The van der Waals surface area contributed by atoms with Crippen LogP contribution in [0, 0.1) is 10.1 Å². The molecular weight excluding hydrogens is 298 g/mol. The van der Waals surface area contributed by atoms with E-state index in [9.17, 15) is 14.9 Å². The van der Waals surface area contributed by atoms with Crippen molar-refractivity contribution < 1.29 is 9.72 Å². The third-order valence-electron chi connectivity index (χ3n) is 2.96. The first-order chi connectivity index (χ1) is 10.6. The average Bonchev–Trinajstić information content (AvgIpc) is 2.54. The molecule has 0 aliphatic heterocycles. The van der Waals surface area contributed by atoms with Gasteiger partial charge in [0.25, 0.3) is 5.69 Å². The Hall–Kier alpha value is -2.40. The second kappa shape index (κ2) is 7.56. The number of hydrogen-bond acceptors (Lipinski definition) is 4. The Labute approximate surface area is 133 Å². The molecule has 5 heteroatoms. The van der Waals surface area contributed by atoms with Crippen molar-refractivity contribution in [1.29, 1.82) is 0 Å². The van der Waals surface area contributed by atoms with Crippen LogP contribution >= 0.6 is 11.8 Å². The monoisotopic (exact) mass is 313 g/mol. The number of allylic oxidation sites excluding steroid dienone is 1. The summed E-state index contributed by atoms with van der Waals surface area (Å²) in [6, 6.07) is 13.6. The first-order valence-corrected chi connectivity index (χ1v) is 7.78. The second-order valence-corrected chi connectivity index (χ2v) is 5.84. The standard InChI is InChI=1S/C17H15NO3S/c1-2-22-16-9-7-14(8-10-16)17(19)11-6-13-4-3-5-15(12-13)18(20)21/h3-12H,2H2,1H3/b11-6+. The van der Waals surface area contributed by atoms with Crippen molar-refractivity contribution in [3.63, 3.8) is 0 Å². The van der Waals surface area contributed by atoms with E-state index >= 15 is 0 Å². The molecule has 0 bridgehead atoms. The first-order valence-electron chi connectivity index (χ1n) is 6.80. The lowest BCUT2D eigenvalue weighted by atomic mass is 10.1. The summed E-state index contributed by atoms with van der Waals surface area (Å²) >= 11 is 1.72. The topological polar surface area (TPSA) is 60.2 Å². The van der Waals surface area contributed by atoms with Gasteiger partial charge in [-0.25, -0.2) is 0 Å². The van der Waals surface area contributed by atoms with Crippen molar-refractivity contribution in [3.8, 4) is 0 Å². The first kappa shape index (κ1) is 16.0. The largest absolute Gasteiger partial charge is 0.289 e. The van der Waals surface area contributed by atoms with Crippen LogP contribution in [-0.2, 0) is 0 Å². The fraction of sp³-hybridized carbons (Fsp3) is 0.118. The molecule has 2 rings (SSSR count). The smallest absolute Gasteiger partial charge is 0.270 e. The summed E-state index contributed by atoms with van der Waals surface area (Å²) in [7, 11) is 0. The molecule has 0 saturated heterocycles. The van der Waals surface area contributed by atoms with Crippen molar-refractivity contribution in [2.45, 2.75) is 11.8 Å². The van der Waals surface area contributed by atoms with Crippen LogP contribution in [0.1, 0.15) is 22.8 Å². The number of rotatable bonds is 6. The van der Waals surface area contributed by atoms with E-state index in [1.807, 2.05) is 12.1 Å². The molecule has 2 aromatic rings. The number of carbonyl (C=O) groups is 1. The zero-order chi connectivity index (χ0) is 15.9. The maximum absolute atomic E-state index is 12.1. The molecule has 0 radical (unpaired) electrons. The second-order valence-electron chi connectivity index (χ2n) is 4.51. The maximum Gasteiger partial charge on any atom is 0.270 e. The number of benzene rings is 2. The Morgan fingerprint density at radius 2 is 1.95 bits per heavy atom. The summed E-state index contributed by atoms with van der Waals surface area (Å²) in [5, 5.41) is 10.7. The van der Waals surface area contributed by atoms with E-state index in [1.54, 1.807) is 42.1 Å². The molecule has 4 nitrogen and oxygen atoms in total. The predicted octanol–water partition coefficient (Wildman–Crippen LogP) is 4.60. The fourth-order valence-corrected chi connectivity index (χ4v) is 2.55. The zero-order valence-corrected chi connectivity index (χ0v) is 12.9. The van der Waals surface area contributed by atoms with Gasteiger partial charge >= 0.3 is 0 Å². The van der Waals surface area contributed by atoms with Gasteiger partial charge in [0.2, 0.25) is 0 Å². The summed E-state index contributed by atoms with van der Waals surface area (Å²) in [5.41, 5.74) is 1.23. The van der Waals surface area contributed by atoms with Crippen LogP contribution in [0.2, 0.25) is 0 Å². The molecule has 22 heavy (non-hydrogen) atoms. The zero-order valence-electron chi connectivity index (χ0n) is 12.1. The maximum atomic E-state index is 12.1. The summed E-state index contributed by atoms with van der Waals surface area (Å²) in [4.78, 5) is 23.5. The van der Waals surface area contributed by atoms with Gasteiger partial charge in [-0.2, -0.15) is 0 Å². The van der Waals surface area contributed by atoms with Gasteiger partial charge in [0.05, 0.1) is 4.92 Å². The number of hydrogen-bond donors (Lipinski definition) is 0. The van der Waals surface area contributed by atoms with Gasteiger partial charge in [0.15, 0.2) is 5.78 Å². The molecule has 0 fully saturated rings. The number of non-ortho nitro benzene ring substituents is 1. The van der Waals surface area contributed by atoms with E-state index in [-0.39, 0.29) is 11.5 Å². The Bertz CT molecular complexity index is 708. The number of thioether (sulfide) groups is 1. The molecular formula is C17H15NO3S. The minimum atomic E-state index is -0.455. The third kappa shape index (κ3) is 4.30. The van der Waals surface area contributed by atoms with Gasteiger partial charge in [0, 0.05) is 22.6 Å². The van der Waals surface area contributed by atoms with Crippen LogP contribution in [-0.4, -0.2) is 16.5 Å². The minimum Gasteiger partial charge on any atom is -0.289 e. The van der Waals surface area contributed by atoms with Gasteiger partial charge < -0.3 is 0 Å². The Kier molecular flexibility index (Phi) is 5.49. The van der Waals surface area contributed by atoms with Crippen LogP contribution in [0.4, 0.5) is 5.69 Å². The summed E-state index contributed by atoms with van der Waals surface area (Å²) in [5.74, 6) is 0.861. The normalized spacial score (nSPS) is 10.8.